The van der Waals surface area contributed by atoms with Gasteiger partial charge in [0.15, 0.2) is 0 Å². The third-order valence-electron chi connectivity index (χ3n) is 5.04. The van der Waals surface area contributed by atoms with E-state index in [9.17, 15) is 18.5 Å². The largest absolute Gasteiger partial charge is 0.295 e. The second-order valence-corrected chi connectivity index (χ2v) is 10.2. The van der Waals surface area contributed by atoms with Gasteiger partial charge in [0.25, 0.3) is 5.69 Å². The molecule has 0 aromatic heterocycles. The van der Waals surface area contributed by atoms with Gasteiger partial charge in [-0.1, -0.05) is 45.0 Å². The number of benzene rings is 2. The lowest BCUT2D eigenvalue weighted by atomic mass is 9.87. The molecule has 0 spiro atoms. The average Bonchev–Trinajstić information content (AvgIpc) is 3.23. The van der Waals surface area contributed by atoms with Crippen molar-refractivity contribution in [3.8, 4) is 0 Å². The summed E-state index contributed by atoms with van der Waals surface area (Å²) in [7, 11) is -3.73. The molecule has 0 amide bonds. The molecule has 9 heteroatoms. The van der Waals surface area contributed by atoms with Crippen molar-refractivity contribution in [1.29, 1.82) is 0 Å². The van der Waals surface area contributed by atoms with E-state index in [1.807, 2.05) is 24.3 Å². The van der Waals surface area contributed by atoms with Crippen molar-refractivity contribution in [1.82, 2.24) is 4.31 Å². The summed E-state index contributed by atoms with van der Waals surface area (Å²) in [6, 6.07) is 11.7. The van der Waals surface area contributed by atoms with E-state index in [0.29, 0.717) is 13.1 Å². The highest BCUT2D eigenvalue weighted by atomic mass is 32.2. The smallest absolute Gasteiger partial charge is 0.272 e. The zero-order chi connectivity index (χ0) is 21.9. The number of nitrogens with zero attached hydrogens (tertiary/aromatic N) is 3. The molecule has 1 saturated heterocycles. The van der Waals surface area contributed by atoms with E-state index >= 15 is 0 Å². The molecule has 1 aliphatic heterocycles. The predicted octanol–water partition coefficient (Wildman–Crippen LogP) is 4.12. The number of rotatable bonds is 6. The first-order valence-corrected chi connectivity index (χ1v) is 11.2. The quantitative estimate of drug-likeness (QED) is 0.422. The van der Waals surface area contributed by atoms with Crippen LogP contribution in [-0.4, -0.2) is 37.0 Å². The van der Waals surface area contributed by atoms with Crippen molar-refractivity contribution < 1.29 is 13.3 Å². The second-order valence-electron chi connectivity index (χ2n) is 8.29. The van der Waals surface area contributed by atoms with Gasteiger partial charge in [-0.15, -0.1) is 0 Å². The van der Waals surface area contributed by atoms with Crippen LogP contribution in [0.5, 0.6) is 0 Å². The van der Waals surface area contributed by atoms with Crippen LogP contribution in [-0.2, 0) is 15.4 Å². The molecule has 1 N–H and O–H groups in total. The van der Waals surface area contributed by atoms with E-state index in [4.69, 9.17) is 0 Å². The van der Waals surface area contributed by atoms with Crippen LogP contribution < -0.4 is 5.43 Å². The SMILES string of the molecule is CC(C)(C)c1ccc(/C=N/Nc2ccc(S(=O)(=O)N3CCCC3)cc2[N+](=O)[O-])cc1. The maximum Gasteiger partial charge on any atom is 0.295 e. The number of hydrogen-bond acceptors (Lipinski definition) is 6. The van der Waals surface area contributed by atoms with E-state index < -0.39 is 14.9 Å². The second kappa shape index (κ2) is 8.53. The lowest BCUT2D eigenvalue weighted by Gasteiger charge is -2.18. The van der Waals surface area contributed by atoms with Crippen molar-refractivity contribution in [2.24, 2.45) is 5.10 Å². The van der Waals surface area contributed by atoms with Crippen LogP contribution in [0.3, 0.4) is 0 Å². The van der Waals surface area contributed by atoms with Crippen LogP contribution in [0, 0.1) is 10.1 Å². The molecule has 3 rings (SSSR count). The summed E-state index contributed by atoms with van der Waals surface area (Å²) < 4.78 is 26.7. The number of nitro benzene ring substituents is 1. The standard InChI is InChI=1S/C21H26N4O4S/c1-21(2,3)17-8-6-16(7-9-17)15-22-23-19-11-10-18(14-20(19)25(26)27)30(28,29)24-12-4-5-13-24/h6-11,14-15,23H,4-5,12-13H2,1-3H3/b22-15+. The molecule has 0 saturated carbocycles. The van der Waals surface area contributed by atoms with Crippen molar-refractivity contribution in [2.75, 3.05) is 18.5 Å². The molecule has 1 fully saturated rings. The van der Waals surface area contributed by atoms with Gasteiger partial charge in [-0.25, -0.2) is 8.42 Å². The molecule has 1 aliphatic rings. The number of nitrogens with one attached hydrogen (secondary N) is 1. The van der Waals surface area contributed by atoms with Gasteiger partial charge < -0.3 is 0 Å². The Hall–Kier alpha value is -2.78. The average molecular weight is 431 g/mol. The first-order valence-electron chi connectivity index (χ1n) is 9.77. The Morgan fingerprint density at radius 1 is 1.10 bits per heavy atom. The number of nitro groups is 1. The van der Waals surface area contributed by atoms with Crippen molar-refractivity contribution in [2.45, 2.75) is 43.9 Å². The number of anilines is 1. The molecule has 2 aromatic carbocycles. The van der Waals surface area contributed by atoms with Crippen molar-refractivity contribution >= 4 is 27.6 Å². The molecule has 2 aromatic rings. The number of hydrogen-bond donors (Lipinski definition) is 1. The Morgan fingerprint density at radius 3 is 2.30 bits per heavy atom. The fourth-order valence-corrected chi connectivity index (χ4v) is 4.78. The molecule has 30 heavy (non-hydrogen) atoms. The third-order valence-corrected chi connectivity index (χ3v) is 6.94. The molecule has 160 valence electrons. The maximum absolute atomic E-state index is 12.7. The fourth-order valence-electron chi connectivity index (χ4n) is 3.24. The monoisotopic (exact) mass is 430 g/mol. The Kier molecular flexibility index (Phi) is 6.23. The van der Waals surface area contributed by atoms with Gasteiger partial charge in [-0.2, -0.15) is 9.41 Å². The van der Waals surface area contributed by atoms with E-state index in [1.54, 1.807) is 6.21 Å². The fraction of sp³-hybridized carbons (Fsp3) is 0.381. The summed E-state index contributed by atoms with van der Waals surface area (Å²) in [6.45, 7) is 7.27. The van der Waals surface area contributed by atoms with Gasteiger partial charge >= 0.3 is 0 Å². The Labute approximate surface area is 176 Å². The first-order chi connectivity index (χ1) is 14.1. The van der Waals surface area contributed by atoms with Gasteiger partial charge in [0.1, 0.15) is 5.69 Å². The number of hydrazone groups is 1. The summed E-state index contributed by atoms with van der Waals surface area (Å²) >= 11 is 0. The topological polar surface area (TPSA) is 105 Å². The van der Waals surface area contributed by atoms with Crippen LogP contribution >= 0.6 is 0 Å². The van der Waals surface area contributed by atoms with Crippen LogP contribution in [0.25, 0.3) is 0 Å². The van der Waals surface area contributed by atoms with Gasteiger partial charge in [0.05, 0.1) is 16.0 Å². The molecule has 0 radical (unpaired) electrons. The van der Waals surface area contributed by atoms with Crippen LogP contribution in [0.15, 0.2) is 52.5 Å². The maximum atomic E-state index is 12.7. The Bertz CT molecular complexity index is 1050. The molecule has 0 atom stereocenters. The Morgan fingerprint density at radius 2 is 1.73 bits per heavy atom. The van der Waals surface area contributed by atoms with Crippen LogP contribution in [0.2, 0.25) is 0 Å². The molecule has 1 heterocycles. The minimum absolute atomic E-state index is 0.0473. The normalized spacial score (nSPS) is 15.6. The van der Waals surface area contributed by atoms with Crippen LogP contribution in [0.4, 0.5) is 11.4 Å². The molecule has 0 unspecified atom stereocenters. The number of sulfonamides is 1. The minimum atomic E-state index is -3.73. The lowest BCUT2D eigenvalue weighted by Crippen LogP contribution is -2.27. The van der Waals surface area contributed by atoms with Crippen LogP contribution in [0.1, 0.15) is 44.7 Å². The van der Waals surface area contributed by atoms with Crippen molar-refractivity contribution in [3.63, 3.8) is 0 Å². The molecule has 0 aliphatic carbocycles. The molecular formula is C21H26N4O4S. The first kappa shape index (κ1) is 21.9. The minimum Gasteiger partial charge on any atom is -0.272 e. The summed E-state index contributed by atoms with van der Waals surface area (Å²) in [5.74, 6) is 0. The highest BCUT2D eigenvalue weighted by molar-refractivity contribution is 7.89. The molecule has 0 bridgehead atoms. The summed E-state index contributed by atoms with van der Waals surface area (Å²) in [6.07, 6.45) is 3.16. The summed E-state index contributed by atoms with van der Waals surface area (Å²) in [5.41, 5.74) is 4.52. The van der Waals surface area contributed by atoms with E-state index in [0.717, 1.165) is 24.5 Å². The highest BCUT2D eigenvalue weighted by Crippen LogP contribution is 2.30. The van der Waals surface area contributed by atoms with E-state index in [1.165, 1.54) is 22.0 Å². The molecule has 8 nitrogen and oxygen atoms in total. The zero-order valence-corrected chi connectivity index (χ0v) is 18.1. The van der Waals surface area contributed by atoms with Gasteiger partial charge in [-0.05, 0) is 41.5 Å². The van der Waals surface area contributed by atoms with E-state index in [-0.39, 0.29) is 21.7 Å². The highest BCUT2D eigenvalue weighted by Gasteiger charge is 2.29. The van der Waals surface area contributed by atoms with Gasteiger partial charge in [-0.3, -0.25) is 15.5 Å². The molecular weight excluding hydrogens is 404 g/mol. The van der Waals surface area contributed by atoms with Gasteiger partial charge in [0, 0.05) is 19.2 Å². The summed E-state index contributed by atoms with van der Waals surface area (Å²) in [5, 5.41) is 15.6. The zero-order valence-electron chi connectivity index (χ0n) is 17.3. The third kappa shape index (κ3) is 4.85. The summed E-state index contributed by atoms with van der Waals surface area (Å²) in [4.78, 5) is 10.8. The Balaban J connectivity index is 1.79. The van der Waals surface area contributed by atoms with Crippen molar-refractivity contribution in [3.05, 3.63) is 63.7 Å². The van der Waals surface area contributed by atoms with E-state index in [2.05, 4.69) is 31.3 Å². The lowest BCUT2D eigenvalue weighted by molar-refractivity contribution is -0.384. The van der Waals surface area contributed by atoms with Gasteiger partial charge in [0.2, 0.25) is 10.0 Å². The predicted molar refractivity (Wildman–Crippen MR) is 117 cm³/mol.